The first kappa shape index (κ1) is 19.7. The fourth-order valence-corrected chi connectivity index (χ4v) is 3.08. The number of ether oxygens (including phenoxy) is 2. The van der Waals surface area contributed by atoms with Gasteiger partial charge in [0.25, 0.3) is 0 Å². The summed E-state index contributed by atoms with van der Waals surface area (Å²) in [6, 6.07) is 0.348. The van der Waals surface area contributed by atoms with Gasteiger partial charge in [0.1, 0.15) is 0 Å². The number of aromatic nitrogens is 3. The standard InChI is InChI=1S/C17H32N6O2/c1-13(14-7-5-4-6-8-14)20-17-22-15(18-9-11-24-2)21-16(23-17)19-10-12-25-3/h13-14H,4-12H2,1-3H3,(H3,18,19,20,21,22,23)/t13-/m1/s1. The summed E-state index contributed by atoms with van der Waals surface area (Å²) in [5.41, 5.74) is 0. The lowest BCUT2D eigenvalue weighted by molar-refractivity contribution is 0.210. The van der Waals surface area contributed by atoms with Crippen molar-refractivity contribution in [3.05, 3.63) is 0 Å². The molecule has 8 nitrogen and oxygen atoms in total. The molecule has 25 heavy (non-hydrogen) atoms. The van der Waals surface area contributed by atoms with Crippen LogP contribution in [0.25, 0.3) is 0 Å². The normalized spacial score (nSPS) is 16.4. The number of nitrogens with zero attached hydrogens (tertiary/aromatic N) is 3. The van der Waals surface area contributed by atoms with Crippen LogP contribution in [-0.4, -0.2) is 61.5 Å². The largest absolute Gasteiger partial charge is 0.383 e. The van der Waals surface area contributed by atoms with Gasteiger partial charge in [0.15, 0.2) is 0 Å². The first-order valence-corrected chi connectivity index (χ1v) is 9.21. The summed E-state index contributed by atoms with van der Waals surface area (Å²) >= 11 is 0. The molecular formula is C17H32N6O2. The number of hydrogen-bond acceptors (Lipinski definition) is 8. The maximum atomic E-state index is 5.07. The van der Waals surface area contributed by atoms with E-state index in [2.05, 4.69) is 37.8 Å². The molecule has 2 rings (SSSR count). The molecule has 1 saturated carbocycles. The van der Waals surface area contributed by atoms with Crippen LogP contribution in [0.4, 0.5) is 17.8 Å². The van der Waals surface area contributed by atoms with E-state index in [1.165, 1.54) is 32.1 Å². The van der Waals surface area contributed by atoms with Crippen molar-refractivity contribution in [3.63, 3.8) is 0 Å². The van der Waals surface area contributed by atoms with Gasteiger partial charge in [-0.05, 0) is 25.7 Å². The van der Waals surface area contributed by atoms with Crippen molar-refractivity contribution < 1.29 is 9.47 Å². The molecule has 0 amide bonds. The molecule has 0 radical (unpaired) electrons. The SMILES string of the molecule is COCCNc1nc(NCCOC)nc(N[C@H](C)C2CCCCC2)n1. The number of anilines is 3. The summed E-state index contributed by atoms with van der Waals surface area (Å²) in [5, 5.41) is 9.81. The van der Waals surface area contributed by atoms with Crippen LogP contribution in [0, 0.1) is 5.92 Å². The van der Waals surface area contributed by atoms with Gasteiger partial charge in [-0.2, -0.15) is 15.0 Å². The fraction of sp³-hybridized carbons (Fsp3) is 0.824. The molecule has 3 N–H and O–H groups in total. The Kier molecular flexibility index (Phi) is 8.68. The highest BCUT2D eigenvalue weighted by Crippen LogP contribution is 2.27. The Morgan fingerprint density at radius 2 is 1.40 bits per heavy atom. The minimum atomic E-state index is 0.348. The monoisotopic (exact) mass is 352 g/mol. The lowest BCUT2D eigenvalue weighted by Gasteiger charge is -2.28. The number of hydrogen-bond donors (Lipinski definition) is 3. The molecule has 1 heterocycles. The second kappa shape index (κ2) is 11.0. The number of methoxy groups -OCH3 is 2. The van der Waals surface area contributed by atoms with Gasteiger partial charge in [0.2, 0.25) is 17.8 Å². The Balaban J connectivity index is 2.02. The van der Waals surface area contributed by atoms with E-state index in [9.17, 15) is 0 Å². The summed E-state index contributed by atoms with van der Waals surface area (Å²) in [7, 11) is 3.34. The van der Waals surface area contributed by atoms with Crippen molar-refractivity contribution >= 4 is 17.8 Å². The lowest BCUT2D eigenvalue weighted by Crippen LogP contribution is -2.29. The van der Waals surface area contributed by atoms with Crippen molar-refractivity contribution in [2.75, 3.05) is 56.5 Å². The molecule has 0 saturated heterocycles. The topological polar surface area (TPSA) is 93.2 Å². The zero-order chi connectivity index (χ0) is 17.9. The van der Waals surface area contributed by atoms with Crippen molar-refractivity contribution in [1.29, 1.82) is 0 Å². The van der Waals surface area contributed by atoms with Gasteiger partial charge >= 0.3 is 0 Å². The van der Waals surface area contributed by atoms with Gasteiger partial charge < -0.3 is 25.4 Å². The molecule has 0 unspecified atom stereocenters. The summed E-state index contributed by atoms with van der Waals surface area (Å²) < 4.78 is 10.1. The molecule has 0 aromatic carbocycles. The molecule has 1 aliphatic rings. The van der Waals surface area contributed by atoms with E-state index in [1.807, 2.05) is 0 Å². The zero-order valence-electron chi connectivity index (χ0n) is 15.7. The number of rotatable bonds is 11. The molecule has 0 aliphatic heterocycles. The summed E-state index contributed by atoms with van der Waals surface area (Å²) in [6.45, 7) is 4.71. The average molecular weight is 352 g/mol. The van der Waals surface area contributed by atoms with E-state index >= 15 is 0 Å². The van der Waals surface area contributed by atoms with Gasteiger partial charge in [-0.15, -0.1) is 0 Å². The van der Waals surface area contributed by atoms with Crippen LogP contribution >= 0.6 is 0 Å². The van der Waals surface area contributed by atoms with Crippen LogP contribution in [0.15, 0.2) is 0 Å². The maximum Gasteiger partial charge on any atom is 0.229 e. The Hall–Kier alpha value is -1.67. The van der Waals surface area contributed by atoms with Crippen LogP contribution < -0.4 is 16.0 Å². The smallest absolute Gasteiger partial charge is 0.229 e. The molecule has 1 aliphatic carbocycles. The van der Waals surface area contributed by atoms with Crippen molar-refractivity contribution in [2.45, 2.75) is 45.1 Å². The van der Waals surface area contributed by atoms with E-state index in [0.717, 1.165) is 0 Å². The molecule has 1 atom stereocenters. The molecule has 1 fully saturated rings. The molecular weight excluding hydrogens is 320 g/mol. The molecule has 142 valence electrons. The van der Waals surface area contributed by atoms with Crippen molar-refractivity contribution in [3.8, 4) is 0 Å². The minimum Gasteiger partial charge on any atom is -0.383 e. The Morgan fingerprint density at radius 1 is 0.880 bits per heavy atom. The molecule has 1 aromatic heterocycles. The summed E-state index contributed by atoms with van der Waals surface area (Å²) in [5.74, 6) is 2.38. The highest BCUT2D eigenvalue weighted by atomic mass is 16.5. The number of nitrogens with one attached hydrogen (secondary N) is 3. The van der Waals surface area contributed by atoms with Crippen molar-refractivity contribution in [2.24, 2.45) is 5.92 Å². The van der Waals surface area contributed by atoms with E-state index in [0.29, 0.717) is 56.1 Å². The third kappa shape index (κ3) is 6.99. The summed E-state index contributed by atoms with van der Waals surface area (Å²) in [4.78, 5) is 13.4. The van der Waals surface area contributed by atoms with Gasteiger partial charge in [-0.3, -0.25) is 0 Å². The van der Waals surface area contributed by atoms with E-state index in [4.69, 9.17) is 9.47 Å². The highest BCUT2D eigenvalue weighted by Gasteiger charge is 2.21. The van der Waals surface area contributed by atoms with Gasteiger partial charge in [-0.1, -0.05) is 19.3 Å². The fourth-order valence-electron chi connectivity index (χ4n) is 3.08. The van der Waals surface area contributed by atoms with E-state index < -0.39 is 0 Å². The van der Waals surface area contributed by atoms with Crippen LogP contribution in [-0.2, 0) is 9.47 Å². The zero-order valence-corrected chi connectivity index (χ0v) is 15.7. The van der Waals surface area contributed by atoms with Crippen molar-refractivity contribution in [1.82, 2.24) is 15.0 Å². The van der Waals surface area contributed by atoms with Gasteiger partial charge in [0, 0.05) is 33.4 Å². The third-order valence-electron chi connectivity index (χ3n) is 4.53. The minimum absolute atomic E-state index is 0.348. The molecule has 0 spiro atoms. The second-order valence-corrected chi connectivity index (χ2v) is 6.48. The Labute approximate surface area is 150 Å². The predicted octanol–water partition coefficient (Wildman–Crippen LogP) is 2.37. The van der Waals surface area contributed by atoms with Gasteiger partial charge in [-0.25, -0.2) is 0 Å². The highest BCUT2D eigenvalue weighted by molar-refractivity contribution is 5.42. The first-order chi connectivity index (χ1) is 12.2. The van der Waals surface area contributed by atoms with Crippen LogP contribution in [0.1, 0.15) is 39.0 Å². The van der Waals surface area contributed by atoms with Crippen LogP contribution in [0.2, 0.25) is 0 Å². The second-order valence-electron chi connectivity index (χ2n) is 6.48. The quantitative estimate of drug-likeness (QED) is 0.523. The summed E-state index contributed by atoms with van der Waals surface area (Å²) in [6.07, 6.45) is 6.55. The molecule has 0 bridgehead atoms. The molecule has 1 aromatic rings. The van der Waals surface area contributed by atoms with E-state index in [1.54, 1.807) is 14.2 Å². The van der Waals surface area contributed by atoms with Gasteiger partial charge in [0.05, 0.1) is 13.2 Å². The molecule has 8 heteroatoms. The van der Waals surface area contributed by atoms with E-state index in [-0.39, 0.29) is 0 Å². The maximum absolute atomic E-state index is 5.07. The third-order valence-corrected chi connectivity index (χ3v) is 4.53. The Morgan fingerprint density at radius 3 is 1.92 bits per heavy atom. The Bertz CT molecular complexity index is 468. The average Bonchev–Trinajstić information content (AvgIpc) is 2.63. The lowest BCUT2D eigenvalue weighted by atomic mass is 9.85. The predicted molar refractivity (Wildman–Crippen MR) is 100 cm³/mol. The van der Waals surface area contributed by atoms with Crippen LogP contribution in [0.5, 0.6) is 0 Å². The first-order valence-electron chi connectivity index (χ1n) is 9.21. The van der Waals surface area contributed by atoms with Crippen LogP contribution in [0.3, 0.4) is 0 Å².